The largest absolute Gasteiger partial charge is 0.489 e. The molecule has 0 amide bonds. The molecular formula is C20H15BrN2O4. The summed E-state index contributed by atoms with van der Waals surface area (Å²) in [6.45, 7) is 4.17. The maximum absolute atomic E-state index is 9.76. The molecule has 2 N–H and O–H groups in total. The summed E-state index contributed by atoms with van der Waals surface area (Å²) in [7, 11) is 0. The molecule has 27 heavy (non-hydrogen) atoms. The lowest BCUT2D eigenvalue weighted by Gasteiger charge is -2.28. The molecule has 1 unspecified atom stereocenters. The fourth-order valence-electron chi connectivity index (χ4n) is 3.19. The molecule has 6 nitrogen and oxygen atoms in total. The zero-order chi connectivity index (χ0) is 19.0. The molecule has 2 aromatic carbocycles. The molecule has 2 aliphatic heterocycles. The van der Waals surface area contributed by atoms with E-state index in [0.29, 0.717) is 35.2 Å². The van der Waals surface area contributed by atoms with Gasteiger partial charge in [-0.2, -0.15) is 5.26 Å². The number of halogens is 1. The molecule has 4 rings (SSSR count). The smallest absolute Gasteiger partial charge is 0.231 e. The summed E-state index contributed by atoms with van der Waals surface area (Å²) in [4.78, 5) is 0. The number of nitrogens with zero attached hydrogens (tertiary/aromatic N) is 1. The minimum atomic E-state index is -0.467. The van der Waals surface area contributed by atoms with Gasteiger partial charge in [0.25, 0.3) is 0 Å². The number of hydrogen-bond acceptors (Lipinski definition) is 6. The van der Waals surface area contributed by atoms with Gasteiger partial charge in [-0.05, 0) is 24.3 Å². The number of allylic oxidation sites excluding steroid dienone is 1. The standard InChI is InChI=1S/C20H15BrN2O4/c1-2-5-24-15-4-3-11(21)6-12(15)19-13-7-17-18(26-10-25-17)8-16(13)27-20(23)14(19)9-22/h2-4,6-8,19H,1,5,10,23H2. The van der Waals surface area contributed by atoms with Gasteiger partial charge >= 0.3 is 0 Å². The van der Waals surface area contributed by atoms with Crippen LogP contribution in [-0.2, 0) is 0 Å². The Morgan fingerprint density at radius 2 is 2.00 bits per heavy atom. The maximum Gasteiger partial charge on any atom is 0.231 e. The van der Waals surface area contributed by atoms with Crippen LogP contribution in [0.5, 0.6) is 23.0 Å². The van der Waals surface area contributed by atoms with E-state index in [1.54, 1.807) is 12.1 Å². The lowest BCUT2D eigenvalue weighted by Crippen LogP contribution is -2.21. The summed E-state index contributed by atoms with van der Waals surface area (Å²) >= 11 is 3.50. The van der Waals surface area contributed by atoms with Gasteiger partial charge in [-0.3, -0.25) is 0 Å². The molecule has 136 valence electrons. The first-order chi connectivity index (χ1) is 13.1. The van der Waals surface area contributed by atoms with Crippen molar-refractivity contribution in [1.82, 2.24) is 0 Å². The molecule has 0 aromatic heterocycles. The molecule has 7 heteroatoms. The molecule has 2 heterocycles. The Kier molecular flexibility index (Phi) is 4.42. The number of ether oxygens (including phenoxy) is 4. The minimum Gasteiger partial charge on any atom is -0.489 e. The van der Waals surface area contributed by atoms with Crippen molar-refractivity contribution >= 4 is 15.9 Å². The van der Waals surface area contributed by atoms with Crippen LogP contribution in [-0.4, -0.2) is 13.4 Å². The highest BCUT2D eigenvalue weighted by atomic mass is 79.9. The minimum absolute atomic E-state index is 0.0588. The van der Waals surface area contributed by atoms with Gasteiger partial charge in [0.1, 0.15) is 29.7 Å². The Labute approximate surface area is 164 Å². The quantitative estimate of drug-likeness (QED) is 0.744. The highest BCUT2D eigenvalue weighted by Gasteiger charge is 2.35. The van der Waals surface area contributed by atoms with Crippen LogP contribution < -0.4 is 24.7 Å². The van der Waals surface area contributed by atoms with Crippen LogP contribution in [0.2, 0.25) is 0 Å². The molecule has 0 fully saturated rings. The highest BCUT2D eigenvalue weighted by Crippen LogP contribution is 2.49. The van der Waals surface area contributed by atoms with Crippen molar-refractivity contribution in [3.63, 3.8) is 0 Å². The van der Waals surface area contributed by atoms with E-state index < -0.39 is 5.92 Å². The summed E-state index contributed by atoms with van der Waals surface area (Å²) in [6.07, 6.45) is 1.66. The monoisotopic (exact) mass is 426 g/mol. The second-order valence-electron chi connectivity index (χ2n) is 5.95. The summed E-state index contributed by atoms with van der Waals surface area (Å²) in [5, 5.41) is 9.76. The van der Waals surface area contributed by atoms with Gasteiger partial charge in [0.2, 0.25) is 12.7 Å². The summed E-state index contributed by atoms with van der Waals surface area (Å²) < 4.78 is 23.3. The van der Waals surface area contributed by atoms with E-state index in [0.717, 1.165) is 15.6 Å². The fourth-order valence-corrected chi connectivity index (χ4v) is 3.57. The molecular weight excluding hydrogens is 412 g/mol. The third-order valence-corrected chi connectivity index (χ3v) is 4.84. The first-order valence-corrected chi connectivity index (χ1v) is 8.96. The topological polar surface area (TPSA) is 86.7 Å². The Morgan fingerprint density at radius 3 is 2.74 bits per heavy atom. The van der Waals surface area contributed by atoms with Crippen molar-refractivity contribution < 1.29 is 18.9 Å². The second kappa shape index (κ2) is 6.89. The maximum atomic E-state index is 9.76. The van der Waals surface area contributed by atoms with E-state index in [9.17, 15) is 5.26 Å². The van der Waals surface area contributed by atoms with E-state index in [1.807, 2.05) is 24.3 Å². The average Bonchev–Trinajstić information content (AvgIpc) is 3.11. The molecule has 2 aromatic rings. The van der Waals surface area contributed by atoms with Crippen molar-refractivity contribution in [3.8, 4) is 29.1 Å². The van der Waals surface area contributed by atoms with Gasteiger partial charge in [-0.25, -0.2) is 0 Å². The van der Waals surface area contributed by atoms with Crippen LogP contribution in [0.3, 0.4) is 0 Å². The highest BCUT2D eigenvalue weighted by molar-refractivity contribution is 9.10. The predicted molar refractivity (Wildman–Crippen MR) is 102 cm³/mol. The lowest BCUT2D eigenvalue weighted by atomic mass is 9.83. The average molecular weight is 427 g/mol. The molecule has 0 aliphatic carbocycles. The SMILES string of the molecule is C=CCOc1ccc(Br)cc1C1C(C#N)=C(N)Oc2cc3c(cc21)OCO3. The second-order valence-corrected chi connectivity index (χ2v) is 6.87. The van der Waals surface area contributed by atoms with Crippen molar-refractivity contribution in [1.29, 1.82) is 5.26 Å². The number of nitrogens with two attached hydrogens (primary N) is 1. The lowest BCUT2D eigenvalue weighted by molar-refractivity contribution is 0.174. The van der Waals surface area contributed by atoms with Crippen LogP contribution in [0.4, 0.5) is 0 Å². The van der Waals surface area contributed by atoms with Crippen molar-refractivity contribution in [2.24, 2.45) is 5.73 Å². The Bertz CT molecular complexity index is 1010. The summed E-state index contributed by atoms with van der Waals surface area (Å²) in [6, 6.07) is 11.4. The van der Waals surface area contributed by atoms with E-state index >= 15 is 0 Å². The van der Waals surface area contributed by atoms with Crippen LogP contribution in [0.15, 0.2) is 58.9 Å². The number of rotatable bonds is 4. The van der Waals surface area contributed by atoms with Gasteiger partial charge in [0, 0.05) is 21.7 Å². The predicted octanol–water partition coefficient (Wildman–Crippen LogP) is 3.96. The Hall–Kier alpha value is -3.11. The zero-order valence-corrected chi connectivity index (χ0v) is 15.8. The molecule has 0 spiro atoms. The van der Waals surface area contributed by atoms with Crippen LogP contribution in [0.25, 0.3) is 0 Å². The first kappa shape index (κ1) is 17.3. The summed E-state index contributed by atoms with van der Waals surface area (Å²) in [5.74, 6) is 1.93. The molecule has 0 radical (unpaired) electrons. The van der Waals surface area contributed by atoms with E-state index in [4.69, 9.17) is 24.7 Å². The van der Waals surface area contributed by atoms with Crippen molar-refractivity contribution in [2.75, 3.05) is 13.4 Å². The summed E-state index contributed by atoms with van der Waals surface area (Å²) in [5.41, 5.74) is 7.91. The van der Waals surface area contributed by atoms with Crippen molar-refractivity contribution in [3.05, 3.63) is 70.0 Å². The van der Waals surface area contributed by atoms with E-state index in [1.165, 1.54) is 0 Å². The Morgan fingerprint density at radius 1 is 1.22 bits per heavy atom. The molecule has 2 aliphatic rings. The number of nitriles is 1. The van der Waals surface area contributed by atoms with Gasteiger partial charge in [-0.15, -0.1) is 0 Å². The molecule has 0 saturated carbocycles. The van der Waals surface area contributed by atoms with E-state index in [2.05, 4.69) is 28.6 Å². The molecule has 0 bridgehead atoms. The normalized spacial score (nSPS) is 17.0. The molecule has 0 saturated heterocycles. The fraction of sp³-hybridized carbons (Fsp3) is 0.150. The van der Waals surface area contributed by atoms with Gasteiger partial charge in [-0.1, -0.05) is 28.6 Å². The van der Waals surface area contributed by atoms with E-state index in [-0.39, 0.29) is 12.7 Å². The van der Waals surface area contributed by atoms with Gasteiger partial charge in [0.15, 0.2) is 11.5 Å². The first-order valence-electron chi connectivity index (χ1n) is 8.16. The number of benzene rings is 2. The number of fused-ring (bicyclic) bond motifs is 2. The van der Waals surface area contributed by atoms with Crippen molar-refractivity contribution in [2.45, 2.75) is 5.92 Å². The zero-order valence-electron chi connectivity index (χ0n) is 14.2. The van der Waals surface area contributed by atoms with Gasteiger partial charge < -0.3 is 24.7 Å². The molecule has 1 atom stereocenters. The van der Waals surface area contributed by atoms with Crippen LogP contribution in [0.1, 0.15) is 17.0 Å². The third kappa shape index (κ3) is 2.98. The Balaban J connectivity index is 1.93. The third-order valence-electron chi connectivity index (χ3n) is 4.35. The number of hydrogen-bond donors (Lipinski definition) is 1. The van der Waals surface area contributed by atoms with Crippen LogP contribution >= 0.6 is 15.9 Å². The van der Waals surface area contributed by atoms with Crippen LogP contribution in [0, 0.1) is 11.3 Å². The van der Waals surface area contributed by atoms with Gasteiger partial charge in [0.05, 0.1) is 5.92 Å².